The number of alkyl halides is 1. The number of aromatic nitrogens is 1. The van der Waals surface area contributed by atoms with Crippen LogP contribution in [0.5, 0.6) is 0 Å². The summed E-state index contributed by atoms with van der Waals surface area (Å²) in [4.78, 5) is 9.30. The van der Waals surface area contributed by atoms with Gasteiger partial charge in [0.05, 0.1) is 0 Å². The summed E-state index contributed by atoms with van der Waals surface area (Å²) in [6.45, 7) is 3.75. The van der Waals surface area contributed by atoms with Crippen molar-refractivity contribution in [3.05, 3.63) is 35.4 Å². The van der Waals surface area contributed by atoms with Gasteiger partial charge < -0.3 is 0 Å². The first-order chi connectivity index (χ1) is 15.1. The maximum absolute atomic E-state index is 8.52. The van der Waals surface area contributed by atoms with Gasteiger partial charge in [-0.25, -0.2) is 0 Å². The Morgan fingerprint density at radius 3 is 2.74 bits per heavy atom. The number of ether oxygens (including phenoxy) is 1. The minimum atomic E-state index is -0.476. The molecule has 1 aliphatic carbocycles. The molecule has 0 amide bonds. The molecule has 1 aromatic heterocycles. The van der Waals surface area contributed by atoms with Crippen LogP contribution in [0.25, 0.3) is 10.9 Å². The molecule has 0 spiro atoms. The van der Waals surface area contributed by atoms with Gasteiger partial charge in [-0.05, 0) is 0 Å². The van der Waals surface area contributed by atoms with Crippen molar-refractivity contribution in [1.29, 1.82) is 5.41 Å². The van der Waals surface area contributed by atoms with Crippen LogP contribution in [-0.4, -0.2) is 54.2 Å². The molecular weight excluding hydrogens is 503 g/mol. The van der Waals surface area contributed by atoms with Crippen LogP contribution < -0.4 is 31.8 Å². The van der Waals surface area contributed by atoms with E-state index in [-0.39, 0.29) is 12.0 Å². The molecule has 170 valence electrons. The molecule has 0 radical (unpaired) electrons. The number of methoxy groups -OCH3 is 1. The second kappa shape index (κ2) is 10.4. The molecule has 1 aromatic carbocycles. The van der Waals surface area contributed by atoms with Crippen molar-refractivity contribution in [2.75, 3.05) is 30.0 Å². The molecular formula is C24H34IN4O2-. The standard InChI is InChI=1S/C24H34IN4O2/c1-16-9-10-20-17(13-16)14-19(23(26)31-25-2)24(28-20)29-12-11-21(22(15-29)30-3)27-18-7-5-4-6-8-18/h9-10,13-14,18,21-22,26-27H,4-8,11-12,15H2,1-3H3/q-1. The Kier molecular flexibility index (Phi) is 7.66. The molecule has 1 saturated carbocycles. The fraction of sp³-hybridized carbons (Fsp3) is 0.583. The van der Waals surface area contributed by atoms with Gasteiger partial charge >= 0.3 is 190 Å². The molecule has 4 rings (SSSR count). The molecule has 6 nitrogen and oxygen atoms in total. The zero-order valence-electron chi connectivity index (χ0n) is 18.8. The summed E-state index contributed by atoms with van der Waals surface area (Å²) in [5.74, 6) is 1.08. The van der Waals surface area contributed by atoms with Crippen molar-refractivity contribution in [2.24, 2.45) is 0 Å². The zero-order chi connectivity index (χ0) is 21.8. The molecule has 1 aliphatic heterocycles. The monoisotopic (exact) mass is 537 g/mol. The number of piperidine rings is 1. The van der Waals surface area contributed by atoms with E-state index in [1.54, 1.807) is 0 Å². The Balaban J connectivity index is 1.59. The summed E-state index contributed by atoms with van der Waals surface area (Å²) in [6.07, 6.45) is 7.71. The Morgan fingerprint density at radius 1 is 1.19 bits per heavy atom. The fourth-order valence-electron chi connectivity index (χ4n) is 4.92. The van der Waals surface area contributed by atoms with Gasteiger partial charge in [0.25, 0.3) is 0 Å². The van der Waals surface area contributed by atoms with Crippen LogP contribution >= 0.6 is 0 Å². The van der Waals surface area contributed by atoms with E-state index < -0.39 is 21.6 Å². The molecule has 2 aromatic rings. The third-order valence-corrected chi connectivity index (χ3v) is 7.45. The van der Waals surface area contributed by atoms with Gasteiger partial charge in [0.1, 0.15) is 0 Å². The average Bonchev–Trinajstić information content (AvgIpc) is 2.79. The molecule has 2 fully saturated rings. The molecule has 1 saturated heterocycles. The van der Waals surface area contributed by atoms with Crippen molar-refractivity contribution in [2.45, 2.75) is 63.6 Å². The number of aryl methyl sites for hydroxylation is 1. The van der Waals surface area contributed by atoms with Crippen LogP contribution in [0.15, 0.2) is 24.3 Å². The molecule has 2 heterocycles. The predicted octanol–water partition coefficient (Wildman–Crippen LogP) is 1.03. The zero-order valence-corrected chi connectivity index (χ0v) is 20.9. The van der Waals surface area contributed by atoms with E-state index in [9.17, 15) is 0 Å². The summed E-state index contributed by atoms with van der Waals surface area (Å²) in [5.41, 5.74) is 2.94. The number of pyridine rings is 1. The SMILES string of the molecule is COC1CN(c2nc3ccc(C)cc3cc2C(=N)O[I-]C)CCC1NC1CCCCC1. The third kappa shape index (κ3) is 5.31. The third-order valence-electron chi connectivity index (χ3n) is 6.57. The Bertz CT molecular complexity index is 916. The normalized spacial score (nSPS) is 22.7. The fourth-order valence-corrected chi connectivity index (χ4v) is 5.60. The Labute approximate surface area is 196 Å². The van der Waals surface area contributed by atoms with Gasteiger partial charge in [0.15, 0.2) is 0 Å². The number of benzene rings is 1. The molecule has 0 bridgehead atoms. The van der Waals surface area contributed by atoms with E-state index in [1.165, 1.54) is 37.7 Å². The van der Waals surface area contributed by atoms with E-state index >= 15 is 0 Å². The molecule has 2 unspecified atom stereocenters. The number of hydrogen-bond donors (Lipinski definition) is 2. The second-order valence-corrected chi connectivity index (χ2v) is 10.1. The van der Waals surface area contributed by atoms with Crippen LogP contribution in [-0.2, 0) is 7.80 Å². The number of halogens is 1. The first-order valence-electron chi connectivity index (χ1n) is 11.3. The number of hydrogen-bond acceptors (Lipinski definition) is 6. The van der Waals surface area contributed by atoms with E-state index in [2.05, 4.69) is 41.4 Å². The van der Waals surface area contributed by atoms with Crippen LogP contribution in [0.4, 0.5) is 5.82 Å². The number of fused-ring (bicyclic) bond motifs is 1. The molecule has 2 atom stereocenters. The summed E-state index contributed by atoms with van der Waals surface area (Å²) in [5, 5.41) is 13.5. The van der Waals surface area contributed by atoms with Gasteiger partial charge in [0, 0.05) is 0 Å². The first-order valence-corrected chi connectivity index (χ1v) is 14.3. The molecule has 7 heteroatoms. The molecule has 2 aliphatic rings. The van der Waals surface area contributed by atoms with Crippen molar-refractivity contribution >= 4 is 22.6 Å². The number of rotatable bonds is 6. The van der Waals surface area contributed by atoms with Crippen LogP contribution in [0.3, 0.4) is 0 Å². The Hall–Kier alpha value is -1.45. The number of anilines is 1. The second-order valence-electron chi connectivity index (χ2n) is 8.73. The maximum atomic E-state index is 8.52. The van der Waals surface area contributed by atoms with Crippen LogP contribution in [0.2, 0.25) is 0 Å². The van der Waals surface area contributed by atoms with Crippen molar-refractivity contribution in [1.82, 2.24) is 10.3 Å². The predicted molar refractivity (Wildman–Crippen MR) is 122 cm³/mol. The van der Waals surface area contributed by atoms with Crippen molar-refractivity contribution in [3.8, 4) is 0 Å². The average molecular weight is 537 g/mol. The van der Waals surface area contributed by atoms with Crippen molar-refractivity contribution < 1.29 is 29.4 Å². The van der Waals surface area contributed by atoms with Gasteiger partial charge in [-0.1, -0.05) is 6.42 Å². The summed E-state index contributed by atoms with van der Waals surface area (Å²) < 4.78 is 11.6. The van der Waals surface area contributed by atoms with Gasteiger partial charge in [-0.3, -0.25) is 0 Å². The number of nitrogens with zero attached hydrogens (tertiary/aromatic N) is 2. The van der Waals surface area contributed by atoms with Gasteiger partial charge in [0.2, 0.25) is 0 Å². The van der Waals surface area contributed by atoms with Crippen LogP contribution in [0.1, 0.15) is 49.7 Å². The van der Waals surface area contributed by atoms with E-state index in [1.807, 2.05) is 12.0 Å². The van der Waals surface area contributed by atoms with E-state index in [0.717, 1.165) is 41.8 Å². The van der Waals surface area contributed by atoms with Gasteiger partial charge in [-0.2, -0.15) is 0 Å². The van der Waals surface area contributed by atoms with E-state index in [0.29, 0.717) is 12.1 Å². The summed E-state index contributed by atoms with van der Waals surface area (Å²) >= 11 is -0.476. The number of nitrogens with one attached hydrogen (secondary N) is 2. The van der Waals surface area contributed by atoms with Crippen LogP contribution in [0, 0.1) is 12.3 Å². The quantitative estimate of drug-likeness (QED) is 0.250. The minimum absolute atomic E-state index is 0.104. The van der Waals surface area contributed by atoms with E-state index in [4.69, 9.17) is 18.2 Å². The Morgan fingerprint density at radius 2 is 2.00 bits per heavy atom. The van der Waals surface area contributed by atoms with Gasteiger partial charge in [-0.15, -0.1) is 0 Å². The summed E-state index contributed by atoms with van der Waals surface area (Å²) in [6, 6.07) is 9.35. The van der Waals surface area contributed by atoms with Crippen molar-refractivity contribution in [3.63, 3.8) is 0 Å². The molecule has 2 N–H and O–H groups in total. The topological polar surface area (TPSA) is 70.5 Å². The molecule has 31 heavy (non-hydrogen) atoms. The first kappa shape index (κ1) is 22.7. The summed E-state index contributed by atoms with van der Waals surface area (Å²) in [7, 11) is 1.81.